The SMILES string of the molecule is C[C@@H](O)[C@@H]1NC(=O)[C@H](C)N(C)C(=O)N[C@H](O)NC(=O)[C@@H](Cc2c[nH]c3ccccc23)NC(=O)[C@H](Cc2ccccc2)NC(=O)[C@@H](Cc2ccccc2)NC(=O)[C@H](N)CSSC[C@H](C(=O)O)NC(=O)[C@H](Cc2ccccc2)NC1=O. The first-order chi connectivity index (χ1) is 37.8. The molecule has 0 bridgehead atoms. The van der Waals surface area contributed by atoms with Gasteiger partial charge in [-0.05, 0) is 42.2 Å². The number of para-hydroxylation sites is 1. The Balaban J connectivity index is 1.32. The Bertz CT molecular complexity index is 2920. The quantitative estimate of drug-likeness (QED) is 0.0816. The fourth-order valence-corrected chi connectivity index (χ4v) is 10.6. The van der Waals surface area contributed by atoms with Gasteiger partial charge in [0.2, 0.25) is 47.7 Å². The van der Waals surface area contributed by atoms with Gasteiger partial charge < -0.3 is 68.2 Å². The number of fused-ring (bicyclic) bond motifs is 1. The third kappa shape index (κ3) is 17.8. The fraction of sp³-hybridized carbons (Fsp3) is 0.352. The lowest BCUT2D eigenvalue weighted by Gasteiger charge is -2.30. The number of carboxylic acid groups (broad SMARTS) is 1. The number of hydrogen-bond donors (Lipinski definition) is 13. The highest BCUT2D eigenvalue weighted by molar-refractivity contribution is 8.76. The molecule has 1 aliphatic heterocycles. The van der Waals surface area contributed by atoms with E-state index in [-0.39, 0.29) is 37.2 Å². The van der Waals surface area contributed by atoms with E-state index in [9.17, 15) is 58.5 Å². The summed E-state index contributed by atoms with van der Waals surface area (Å²) in [6.45, 7) is 2.47. The van der Waals surface area contributed by atoms with E-state index in [1.807, 2.05) is 6.07 Å². The van der Waals surface area contributed by atoms with E-state index in [1.54, 1.807) is 115 Å². The Kier molecular flexibility index (Phi) is 22.2. The molecule has 2 heterocycles. The molecule has 4 aromatic carbocycles. The van der Waals surface area contributed by atoms with Gasteiger partial charge in [-0.25, -0.2) is 9.59 Å². The molecule has 1 aromatic heterocycles. The summed E-state index contributed by atoms with van der Waals surface area (Å²) >= 11 is 0. The number of benzene rings is 4. The van der Waals surface area contributed by atoms with E-state index in [0.29, 0.717) is 27.6 Å². The zero-order valence-electron chi connectivity index (χ0n) is 43.4. The van der Waals surface area contributed by atoms with E-state index in [1.165, 1.54) is 20.9 Å². The van der Waals surface area contributed by atoms with Gasteiger partial charge in [-0.2, -0.15) is 0 Å². The van der Waals surface area contributed by atoms with Gasteiger partial charge in [-0.1, -0.05) is 131 Å². The number of aliphatic hydroxyl groups is 2. The Morgan fingerprint density at radius 2 is 1.03 bits per heavy atom. The molecule has 9 amide bonds. The van der Waals surface area contributed by atoms with E-state index in [0.717, 1.165) is 32.0 Å². The molecule has 420 valence electrons. The van der Waals surface area contributed by atoms with E-state index >= 15 is 0 Å². The van der Waals surface area contributed by atoms with Crippen molar-refractivity contribution in [1.82, 2.24) is 52.4 Å². The predicted octanol–water partition coefficient (Wildman–Crippen LogP) is -0.0430. The van der Waals surface area contributed by atoms with Gasteiger partial charge in [0, 0.05) is 61.3 Å². The van der Waals surface area contributed by atoms with Crippen LogP contribution in [0.2, 0.25) is 0 Å². The Morgan fingerprint density at radius 3 is 1.54 bits per heavy atom. The number of likely N-dealkylation sites (N-methyl/N-ethyl adjacent to an activating group) is 1. The molecule has 0 aliphatic carbocycles. The number of carbonyl (C=O) groups is 9. The lowest BCUT2D eigenvalue weighted by atomic mass is 10.0. The zero-order chi connectivity index (χ0) is 57.2. The first kappa shape index (κ1) is 60.3. The highest BCUT2D eigenvalue weighted by Gasteiger charge is 2.36. The minimum Gasteiger partial charge on any atom is -0.480 e. The van der Waals surface area contributed by atoms with Crippen LogP contribution < -0.4 is 48.3 Å². The van der Waals surface area contributed by atoms with Crippen LogP contribution in [0.5, 0.6) is 0 Å². The van der Waals surface area contributed by atoms with Crippen LogP contribution in [0.4, 0.5) is 4.79 Å². The molecular formula is C54H65N11O12S2. The van der Waals surface area contributed by atoms with Crippen molar-refractivity contribution < 1.29 is 58.5 Å². The third-order valence-electron chi connectivity index (χ3n) is 12.9. The number of rotatable bonds is 10. The second-order valence-corrected chi connectivity index (χ2v) is 21.4. The summed E-state index contributed by atoms with van der Waals surface area (Å²) in [6, 6.07) is 20.4. The lowest BCUT2D eigenvalue weighted by molar-refractivity contribution is -0.141. The molecule has 0 unspecified atom stereocenters. The smallest absolute Gasteiger partial charge is 0.327 e. The molecule has 0 radical (unpaired) electrons. The number of aromatic amines is 1. The largest absolute Gasteiger partial charge is 0.480 e. The van der Waals surface area contributed by atoms with Crippen molar-refractivity contribution in [3.63, 3.8) is 0 Å². The topological polar surface area (TPSA) is 356 Å². The number of aliphatic carboxylic acids is 1. The number of carbonyl (C=O) groups excluding carboxylic acids is 8. The summed E-state index contributed by atoms with van der Waals surface area (Å²) in [5.41, 5.74) is 9.47. The number of H-pyrrole nitrogens is 1. The molecule has 0 saturated carbocycles. The number of aliphatic hydroxyl groups excluding tert-OH is 2. The second kappa shape index (κ2) is 29.1. The maximum atomic E-state index is 14.6. The number of hydrogen-bond acceptors (Lipinski definition) is 14. The number of urea groups is 1. The first-order valence-electron chi connectivity index (χ1n) is 25.2. The molecule has 1 fully saturated rings. The van der Waals surface area contributed by atoms with Gasteiger partial charge in [-0.15, -0.1) is 0 Å². The molecular weight excluding hydrogens is 1060 g/mol. The maximum Gasteiger partial charge on any atom is 0.327 e. The monoisotopic (exact) mass is 1120 g/mol. The summed E-state index contributed by atoms with van der Waals surface area (Å²) in [5.74, 6) is -8.06. The van der Waals surface area contributed by atoms with Crippen molar-refractivity contribution in [1.29, 1.82) is 0 Å². The molecule has 1 saturated heterocycles. The molecule has 79 heavy (non-hydrogen) atoms. The highest BCUT2D eigenvalue weighted by atomic mass is 33.1. The van der Waals surface area contributed by atoms with Crippen molar-refractivity contribution in [3.8, 4) is 0 Å². The third-order valence-corrected chi connectivity index (χ3v) is 15.3. The first-order valence-corrected chi connectivity index (χ1v) is 27.7. The predicted molar refractivity (Wildman–Crippen MR) is 296 cm³/mol. The summed E-state index contributed by atoms with van der Waals surface area (Å²) in [6.07, 6.45) is -2.52. The van der Waals surface area contributed by atoms with Crippen molar-refractivity contribution in [2.24, 2.45) is 5.73 Å². The average molecular weight is 1120 g/mol. The molecule has 0 spiro atoms. The molecule has 14 N–H and O–H groups in total. The van der Waals surface area contributed by atoms with Crippen LogP contribution >= 0.6 is 21.6 Å². The summed E-state index contributed by atoms with van der Waals surface area (Å²) < 4.78 is 0. The van der Waals surface area contributed by atoms with E-state index < -0.39 is 114 Å². The molecule has 10 atom stereocenters. The van der Waals surface area contributed by atoms with Gasteiger partial charge in [-0.3, -0.25) is 38.9 Å². The minimum atomic E-state index is -2.13. The van der Waals surface area contributed by atoms with Gasteiger partial charge in [0.25, 0.3) is 0 Å². The van der Waals surface area contributed by atoms with Crippen molar-refractivity contribution in [3.05, 3.63) is 144 Å². The highest BCUT2D eigenvalue weighted by Crippen LogP contribution is 2.24. The molecule has 6 rings (SSSR count). The fourth-order valence-electron chi connectivity index (χ4n) is 8.27. The minimum absolute atomic E-state index is 0.0497. The van der Waals surface area contributed by atoms with Gasteiger partial charge >= 0.3 is 12.0 Å². The molecule has 23 nitrogen and oxygen atoms in total. The van der Waals surface area contributed by atoms with Crippen molar-refractivity contribution in [2.45, 2.75) is 100 Å². The van der Waals surface area contributed by atoms with Crippen LogP contribution in [0.3, 0.4) is 0 Å². The number of amides is 9. The van der Waals surface area contributed by atoms with Crippen LogP contribution in [0.15, 0.2) is 121 Å². The Morgan fingerprint density at radius 1 is 0.582 bits per heavy atom. The number of nitrogens with one attached hydrogen (secondary N) is 9. The van der Waals surface area contributed by atoms with Crippen molar-refractivity contribution >= 4 is 85.8 Å². The lowest BCUT2D eigenvalue weighted by Crippen LogP contribution is -2.62. The van der Waals surface area contributed by atoms with Gasteiger partial charge in [0.1, 0.15) is 42.3 Å². The molecule has 1 aliphatic rings. The maximum absolute atomic E-state index is 14.6. The second-order valence-electron chi connectivity index (χ2n) is 18.8. The Labute approximate surface area is 463 Å². The number of aromatic nitrogens is 1. The summed E-state index contributed by atoms with van der Waals surface area (Å²) in [7, 11) is 3.17. The summed E-state index contributed by atoms with van der Waals surface area (Å²) in [4.78, 5) is 129. The van der Waals surface area contributed by atoms with E-state index in [4.69, 9.17) is 5.73 Å². The summed E-state index contributed by atoms with van der Waals surface area (Å²) in [5, 5.41) is 52.8. The molecule has 25 heteroatoms. The normalized spacial score (nSPS) is 24.7. The van der Waals surface area contributed by atoms with Crippen molar-refractivity contribution in [2.75, 3.05) is 18.6 Å². The standard InChI is InChI=1S/C54H65N11O12S2/c1-30-45(67)62-44(31(2)66)51(73)60-41(25-34-19-11-6-12-20-34)49(71)61-43(52(74)75)29-79-78-28-37(55)46(68)57-39(23-32-15-7-4-8-16-32)47(69)58-40(24-33-17-9-5-10-18-33)48(70)59-42(50(72)63-53(76)64-54(77)65(30)3)26-35-27-56-38-22-14-13-21-36(35)38/h4-22,27,30-31,37,39-44,53,56,66,76H,23-26,28-29,55H2,1-3H3,(H,57,68)(H,58,69)(H,59,70)(H,60,73)(H,61,71)(H,62,67)(H,63,72)(H,64,77)(H,74,75)/t30-,31+,37+,39+,40-,41-,42+,43+,44-,53+/m0/s1. The number of nitrogens with zero attached hydrogens (tertiary/aromatic N) is 1. The Hall–Kier alpha value is -7.97. The van der Waals surface area contributed by atoms with Gasteiger partial charge in [0.15, 0.2) is 0 Å². The van der Waals surface area contributed by atoms with Crippen LogP contribution in [0, 0.1) is 0 Å². The van der Waals surface area contributed by atoms with E-state index in [2.05, 4.69) is 47.5 Å². The average Bonchev–Trinajstić information content (AvgIpc) is 3.89. The zero-order valence-corrected chi connectivity index (χ0v) is 45.1. The van der Waals surface area contributed by atoms with Crippen LogP contribution in [-0.4, -0.2) is 158 Å². The molecule has 5 aromatic rings. The van der Waals surface area contributed by atoms with Crippen LogP contribution in [0.25, 0.3) is 10.9 Å². The number of nitrogens with two attached hydrogens (primary N) is 1. The number of carboxylic acids is 1. The van der Waals surface area contributed by atoms with Crippen LogP contribution in [-0.2, 0) is 64.0 Å². The van der Waals surface area contributed by atoms with Crippen LogP contribution in [0.1, 0.15) is 36.1 Å². The van der Waals surface area contributed by atoms with Gasteiger partial charge in [0.05, 0.1) is 12.1 Å².